The van der Waals surface area contributed by atoms with Gasteiger partial charge in [0.25, 0.3) is 0 Å². The van der Waals surface area contributed by atoms with Crippen molar-refractivity contribution in [3.63, 3.8) is 0 Å². The van der Waals surface area contributed by atoms with E-state index in [9.17, 15) is 5.11 Å². The van der Waals surface area contributed by atoms with Crippen LogP contribution in [0.5, 0.6) is 0 Å². The summed E-state index contributed by atoms with van der Waals surface area (Å²) in [5.74, 6) is 0. The second kappa shape index (κ2) is 5.91. The molecule has 0 atom stereocenters. The molecule has 1 aromatic rings. The zero-order chi connectivity index (χ0) is 17.6. The predicted molar refractivity (Wildman–Crippen MR) is 102 cm³/mol. The van der Waals surface area contributed by atoms with E-state index in [0.29, 0.717) is 0 Å². The summed E-state index contributed by atoms with van der Waals surface area (Å²) in [4.78, 5) is 2.41. The number of nitrogens with zero attached hydrogens (tertiary/aromatic N) is 1. The maximum Gasteiger partial charge on any atom is 0.0645 e. The summed E-state index contributed by atoms with van der Waals surface area (Å²) >= 11 is 0. The third kappa shape index (κ3) is 3.01. The summed E-state index contributed by atoms with van der Waals surface area (Å²) in [6, 6.07) is 9.00. The van der Waals surface area contributed by atoms with Gasteiger partial charge in [0.1, 0.15) is 0 Å². The number of hydrogen-bond acceptors (Lipinski definition) is 2. The van der Waals surface area contributed by atoms with Crippen molar-refractivity contribution in [2.24, 2.45) is 5.41 Å². The van der Waals surface area contributed by atoms with Crippen LogP contribution in [-0.4, -0.2) is 17.3 Å². The van der Waals surface area contributed by atoms with Crippen molar-refractivity contribution in [2.75, 3.05) is 11.4 Å². The van der Waals surface area contributed by atoms with E-state index < -0.39 is 5.60 Å². The Bertz CT molecular complexity index is 600. The van der Waals surface area contributed by atoms with Gasteiger partial charge in [-0.2, -0.15) is 0 Å². The average Bonchev–Trinajstić information content (AvgIpc) is 2.87. The maximum absolute atomic E-state index is 10.6. The molecule has 1 spiro atoms. The number of allylic oxidation sites excluding steroid dienone is 1. The van der Waals surface area contributed by atoms with Gasteiger partial charge >= 0.3 is 0 Å². The Morgan fingerprint density at radius 3 is 2.12 bits per heavy atom. The van der Waals surface area contributed by atoms with Crippen molar-refractivity contribution in [3.05, 3.63) is 42.1 Å². The van der Waals surface area contributed by atoms with Crippen LogP contribution >= 0.6 is 0 Å². The Morgan fingerprint density at radius 1 is 1.04 bits per heavy atom. The molecule has 0 bridgehead atoms. The molecule has 2 fully saturated rings. The fraction of sp³-hybridized carbons (Fsp3) is 0.636. The highest BCUT2D eigenvalue weighted by Gasteiger charge is 2.47. The van der Waals surface area contributed by atoms with Gasteiger partial charge in [-0.1, -0.05) is 46.4 Å². The Labute approximate surface area is 147 Å². The van der Waals surface area contributed by atoms with E-state index in [4.69, 9.17) is 0 Å². The lowest BCUT2D eigenvalue weighted by atomic mass is 9.66. The highest BCUT2D eigenvalue weighted by atomic mass is 16.3. The van der Waals surface area contributed by atoms with Gasteiger partial charge in [-0.15, -0.1) is 0 Å². The van der Waals surface area contributed by atoms with Crippen LogP contribution < -0.4 is 4.90 Å². The number of anilines is 1. The van der Waals surface area contributed by atoms with Crippen LogP contribution in [-0.2, 0) is 5.41 Å². The van der Waals surface area contributed by atoms with Crippen LogP contribution in [0.2, 0.25) is 0 Å². The second-order valence-electron chi connectivity index (χ2n) is 9.00. The molecular formula is C22H33NO. The van der Waals surface area contributed by atoms with Gasteiger partial charge in [0.05, 0.1) is 5.60 Å². The minimum Gasteiger partial charge on any atom is -0.390 e. The molecule has 24 heavy (non-hydrogen) atoms. The van der Waals surface area contributed by atoms with E-state index in [0.717, 1.165) is 38.6 Å². The third-order valence-corrected chi connectivity index (χ3v) is 6.59. The smallest absolute Gasteiger partial charge is 0.0645 e. The maximum atomic E-state index is 10.6. The lowest BCUT2D eigenvalue weighted by Crippen LogP contribution is -2.38. The van der Waals surface area contributed by atoms with E-state index in [1.807, 2.05) is 0 Å². The summed E-state index contributed by atoms with van der Waals surface area (Å²) in [5.41, 5.74) is 3.87. The predicted octanol–water partition coefficient (Wildman–Crippen LogP) is 5.41. The highest BCUT2D eigenvalue weighted by Crippen LogP contribution is 2.53. The van der Waals surface area contributed by atoms with Crippen LogP contribution in [0, 0.1) is 5.41 Å². The Hall–Kier alpha value is -1.28. The topological polar surface area (TPSA) is 23.5 Å². The fourth-order valence-electron chi connectivity index (χ4n) is 4.40. The van der Waals surface area contributed by atoms with Gasteiger partial charge in [0.2, 0.25) is 0 Å². The first-order chi connectivity index (χ1) is 11.2. The van der Waals surface area contributed by atoms with Crippen LogP contribution in [0.4, 0.5) is 5.69 Å². The molecule has 1 N–H and O–H groups in total. The molecule has 2 aliphatic rings. The molecule has 1 aromatic carbocycles. The normalized spacial score (nSPS) is 31.0. The van der Waals surface area contributed by atoms with Crippen molar-refractivity contribution in [1.82, 2.24) is 0 Å². The molecule has 0 amide bonds. The van der Waals surface area contributed by atoms with Gasteiger partial charge < -0.3 is 10.0 Å². The lowest BCUT2D eigenvalue weighted by molar-refractivity contribution is -0.0266. The monoisotopic (exact) mass is 327 g/mol. The van der Waals surface area contributed by atoms with E-state index in [2.05, 4.69) is 63.4 Å². The Morgan fingerprint density at radius 2 is 1.62 bits per heavy atom. The number of hydrogen-bond donors (Lipinski definition) is 1. The van der Waals surface area contributed by atoms with Crippen molar-refractivity contribution in [1.29, 1.82) is 0 Å². The molecular weight excluding hydrogens is 294 g/mol. The molecule has 3 rings (SSSR count). The van der Waals surface area contributed by atoms with Crippen molar-refractivity contribution >= 4 is 5.69 Å². The van der Waals surface area contributed by atoms with E-state index in [-0.39, 0.29) is 10.8 Å². The standard InChI is InChI=1S/C22H33NO/c1-6-22(24)13-11-21(12-14-22)15-16-23(17(21)2)19-9-7-18(8-10-19)20(3,4)5/h7-10,24H,2,6,11-16H2,1,3-5H3. The third-order valence-electron chi connectivity index (χ3n) is 6.59. The quantitative estimate of drug-likeness (QED) is 0.785. The summed E-state index contributed by atoms with van der Waals surface area (Å²) in [6.07, 6.45) is 6.03. The summed E-state index contributed by atoms with van der Waals surface area (Å²) < 4.78 is 0. The molecule has 1 saturated carbocycles. The van der Waals surface area contributed by atoms with E-state index in [1.165, 1.54) is 23.4 Å². The average molecular weight is 328 g/mol. The molecule has 132 valence electrons. The number of benzene rings is 1. The Kier molecular flexibility index (Phi) is 4.32. The first-order valence-corrected chi connectivity index (χ1v) is 9.49. The summed E-state index contributed by atoms with van der Waals surface area (Å²) in [7, 11) is 0. The van der Waals surface area contributed by atoms with E-state index in [1.54, 1.807) is 0 Å². The molecule has 1 aliphatic heterocycles. The molecule has 1 saturated heterocycles. The highest BCUT2D eigenvalue weighted by molar-refractivity contribution is 5.56. The zero-order valence-electron chi connectivity index (χ0n) is 15.9. The zero-order valence-corrected chi connectivity index (χ0v) is 15.9. The number of rotatable bonds is 2. The SMILES string of the molecule is C=C1N(c2ccc(C(C)(C)C)cc2)CCC12CCC(O)(CC)CC2. The molecule has 0 radical (unpaired) electrons. The summed E-state index contributed by atoms with van der Waals surface area (Å²) in [6.45, 7) is 14.4. The van der Waals surface area contributed by atoms with Crippen LogP contribution in [0.1, 0.15) is 71.8 Å². The van der Waals surface area contributed by atoms with Gasteiger partial charge in [-0.25, -0.2) is 0 Å². The van der Waals surface area contributed by atoms with Crippen LogP contribution in [0.25, 0.3) is 0 Å². The van der Waals surface area contributed by atoms with Gasteiger partial charge in [-0.05, 0) is 61.6 Å². The van der Waals surface area contributed by atoms with Crippen LogP contribution in [0.15, 0.2) is 36.5 Å². The largest absolute Gasteiger partial charge is 0.390 e. The first kappa shape index (κ1) is 17.5. The van der Waals surface area contributed by atoms with E-state index >= 15 is 0 Å². The first-order valence-electron chi connectivity index (χ1n) is 9.49. The lowest BCUT2D eigenvalue weighted by Gasteiger charge is -2.42. The molecule has 2 heteroatoms. The van der Waals surface area contributed by atoms with Crippen molar-refractivity contribution < 1.29 is 5.11 Å². The molecule has 0 unspecified atom stereocenters. The molecule has 1 heterocycles. The van der Waals surface area contributed by atoms with Gasteiger partial charge in [0.15, 0.2) is 0 Å². The van der Waals surface area contributed by atoms with Gasteiger partial charge in [0, 0.05) is 23.3 Å². The molecule has 0 aromatic heterocycles. The van der Waals surface area contributed by atoms with Gasteiger partial charge in [-0.3, -0.25) is 0 Å². The summed E-state index contributed by atoms with van der Waals surface area (Å²) in [5, 5.41) is 10.6. The van der Waals surface area contributed by atoms with Crippen molar-refractivity contribution in [3.8, 4) is 0 Å². The minimum absolute atomic E-state index is 0.190. The molecule has 2 nitrogen and oxygen atoms in total. The second-order valence-corrected chi connectivity index (χ2v) is 9.00. The minimum atomic E-state index is -0.437. The van der Waals surface area contributed by atoms with Crippen LogP contribution in [0.3, 0.4) is 0 Å². The Balaban J connectivity index is 1.75. The van der Waals surface area contributed by atoms with Crippen molar-refractivity contribution in [2.45, 2.75) is 77.2 Å². The number of aliphatic hydroxyl groups is 1. The molecule has 1 aliphatic carbocycles. The fourth-order valence-corrected chi connectivity index (χ4v) is 4.40.